The predicted octanol–water partition coefficient (Wildman–Crippen LogP) is 4.51. The van der Waals surface area contributed by atoms with Crippen LogP contribution in [0.1, 0.15) is 67.8 Å². The van der Waals surface area contributed by atoms with Crippen LogP contribution in [0.4, 0.5) is 0 Å². The van der Waals surface area contributed by atoms with Crippen molar-refractivity contribution in [2.45, 2.75) is 66.3 Å². The third-order valence-electron chi connectivity index (χ3n) is 4.33. The second-order valence-electron chi connectivity index (χ2n) is 6.31. The summed E-state index contributed by atoms with van der Waals surface area (Å²) >= 11 is 0. The Morgan fingerprint density at radius 1 is 0.952 bits per heavy atom. The molecule has 0 aliphatic rings. The Morgan fingerprint density at radius 3 is 1.81 bits per heavy atom. The second-order valence-corrected chi connectivity index (χ2v) is 6.31. The van der Waals surface area contributed by atoms with E-state index in [4.69, 9.17) is 5.73 Å². The summed E-state index contributed by atoms with van der Waals surface area (Å²) in [5, 5.41) is 0. The third kappa shape index (κ3) is 5.12. The van der Waals surface area contributed by atoms with E-state index in [1.54, 1.807) is 0 Å². The van der Waals surface area contributed by atoms with Crippen LogP contribution in [-0.2, 0) is 0 Å². The minimum atomic E-state index is 0.365. The molecule has 0 spiro atoms. The molecule has 120 valence electrons. The van der Waals surface area contributed by atoms with Crippen molar-refractivity contribution in [2.75, 3.05) is 19.6 Å². The van der Waals surface area contributed by atoms with Gasteiger partial charge in [0.05, 0.1) is 0 Å². The number of benzene rings is 1. The normalized spacial score (nSPS) is 12.9. The maximum atomic E-state index is 6.18. The maximum Gasteiger partial charge on any atom is 0.0475 e. The van der Waals surface area contributed by atoms with E-state index in [0.29, 0.717) is 12.6 Å². The first-order valence-electron chi connectivity index (χ1n) is 8.56. The zero-order valence-electron chi connectivity index (χ0n) is 14.7. The molecule has 0 heterocycles. The molecule has 21 heavy (non-hydrogen) atoms. The highest BCUT2D eigenvalue weighted by Gasteiger charge is 2.21. The molecule has 1 rings (SSSR count). The molecule has 1 aromatic carbocycles. The van der Waals surface area contributed by atoms with Crippen molar-refractivity contribution in [1.82, 2.24) is 4.90 Å². The fourth-order valence-corrected chi connectivity index (χ4v) is 3.31. The molecule has 0 radical (unpaired) electrons. The summed E-state index contributed by atoms with van der Waals surface area (Å²) < 4.78 is 0. The van der Waals surface area contributed by atoms with E-state index in [-0.39, 0.29) is 0 Å². The van der Waals surface area contributed by atoms with Crippen LogP contribution >= 0.6 is 0 Å². The van der Waals surface area contributed by atoms with Crippen molar-refractivity contribution >= 4 is 0 Å². The molecule has 0 aliphatic carbocycles. The smallest absolute Gasteiger partial charge is 0.0475 e. The number of unbranched alkanes of at least 4 members (excludes halogenated alkanes) is 2. The van der Waals surface area contributed by atoms with Gasteiger partial charge in [-0.2, -0.15) is 0 Å². The summed E-state index contributed by atoms with van der Waals surface area (Å²) in [4.78, 5) is 2.61. The molecule has 0 saturated carbocycles. The fourth-order valence-electron chi connectivity index (χ4n) is 3.31. The Labute approximate surface area is 131 Å². The molecule has 1 aromatic rings. The molecule has 2 heteroatoms. The van der Waals surface area contributed by atoms with E-state index in [9.17, 15) is 0 Å². The van der Waals surface area contributed by atoms with Crippen LogP contribution in [0.5, 0.6) is 0 Å². The minimum Gasteiger partial charge on any atom is -0.329 e. The van der Waals surface area contributed by atoms with Crippen LogP contribution in [0.2, 0.25) is 0 Å². The summed E-state index contributed by atoms with van der Waals surface area (Å²) in [5.74, 6) is 0. The van der Waals surface area contributed by atoms with Gasteiger partial charge in [0.25, 0.3) is 0 Å². The lowest BCUT2D eigenvalue weighted by atomic mass is 9.92. The monoisotopic (exact) mass is 290 g/mol. The van der Waals surface area contributed by atoms with Gasteiger partial charge in [-0.3, -0.25) is 4.90 Å². The quantitative estimate of drug-likeness (QED) is 0.725. The van der Waals surface area contributed by atoms with Gasteiger partial charge < -0.3 is 5.73 Å². The fraction of sp³-hybridized carbons (Fsp3) is 0.684. The highest BCUT2D eigenvalue weighted by molar-refractivity contribution is 5.40. The summed E-state index contributed by atoms with van der Waals surface area (Å²) in [6, 6.07) is 4.95. The summed E-state index contributed by atoms with van der Waals surface area (Å²) in [6.07, 6.45) is 4.99. The molecule has 0 aromatic heterocycles. The molecule has 0 fully saturated rings. The lowest BCUT2D eigenvalue weighted by molar-refractivity contribution is 0.194. The Bertz CT molecular complexity index is 395. The minimum absolute atomic E-state index is 0.365. The molecular weight excluding hydrogens is 256 g/mol. The van der Waals surface area contributed by atoms with E-state index in [0.717, 1.165) is 13.1 Å². The van der Waals surface area contributed by atoms with Gasteiger partial charge in [-0.25, -0.2) is 0 Å². The molecule has 2 N–H and O–H groups in total. The Morgan fingerprint density at radius 2 is 1.43 bits per heavy atom. The van der Waals surface area contributed by atoms with Crippen LogP contribution in [0, 0.1) is 20.8 Å². The highest BCUT2D eigenvalue weighted by Crippen LogP contribution is 2.28. The standard InChI is InChI=1S/C19H34N2/c1-6-8-10-21(11-9-7-2)18(14-20)19-16(4)12-15(3)13-17(19)5/h12-13,18H,6-11,14,20H2,1-5H3. The summed E-state index contributed by atoms with van der Waals surface area (Å²) in [5.41, 5.74) is 11.8. The van der Waals surface area contributed by atoms with Crippen molar-refractivity contribution in [3.63, 3.8) is 0 Å². The number of nitrogens with two attached hydrogens (primary N) is 1. The first-order chi connectivity index (χ1) is 10.0. The predicted molar refractivity (Wildman–Crippen MR) is 93.8 cm³/mol. The van der Waals surface area contributed by atoms with E-state index in [1.165, 1.54) is 47.9 Å². The first-order valence-corrected chi connectivity index (χ1v) is 8.56. The van der Waals surface area contributed by atoms with Crippen LogP contribution in [0.15, 0.2) is 12.1 Å². The summed E-state index contributed by atoms with van der Waals surface area (Å²) in [7, 11) is 0. The Hall–Kier alpha value is -0.860. The lowest BCUT2D eigenvalue weighted by Gasteiger charge is -2.33. The lowest BCUT2D eigenvalue weighted by Crippen LogP contribution is -2.36. The Kier molecular flexibility index (Phi) is 7.98. The van der Waals surface area contributed by atoms with Gasteiger partial charge in [0, 0.05) is 12.6 Å². The SMILES string of the molecule is CCCCN(CCCC)C(CN)c1c(C)cc(C)cc1C. The van der Waals surface area contributed by atoms with Crippen molar-refractivity contribution < 1.29 is 0 Å². The maximum absolute atomic E-state index is 6.18. The molecule has 0 saturated heterocycles. The van der Waals surface area contributed by atoms with Crippen LogP contribution < -0.4 is 5.73 Å². The molecule has 0 amide bonds. The van der Waals surface area contributed by atoms with Crippen LogP contribution in [0.3, 0.4) is 0 Å². The average Bonchev–Trinajstić information content (AvgIpc) is 2.43. The zero-order valence-corrected chi connectivity index (χ0v) is 14.7. The van der Waals surface area contributed by atoms with Gasteiger partial charge in [0.15, 0.2) is 0 Å². The number of hydrogen-bond donors (Lipinski definition) is 1. The number of rotatable bonds is 9. The van der Waals surface area contributed by atoms with E-state index >= 15 is 0 Å². The van der Waals surface area contributed by atoms with E-state index in [2.05, 4.69) is 51.7 Å². The number of aryl methyl sites for hydroxylation is 3. The van der Waals surface area contributed by atoms with Crippen molar-refractivity contribution in [3.05, 3.63) is 34.4 Å². The summed E-state index contributed by atoms with van der Waals surface area (Å²) in [6.45, 7) is 14.2. The van der Waals surface area contributed by atoms with Crippen molar-refractivity contribution in [2.24, 2.45) is 5.73 Å². The molecular formula is C19H34N2. The average molecular weight is 290 g/mol. The van der Waals surface area contributed by atoms with Crippen molar-refractivity contribution in [3.8, 4) is 0 Å². The largest absolute Gasteiger partial charge is 0.329 e. The molecule has 1 atom stereocenters. The number of hydrogen-bond acceptors (Lipinski definition) is 2. The van der Waals surface area contributed by atoms with E-state index < -0.39 is 0 Å². The number of nitrogens with zero attached hydrogens (tertiary/aromatic N) is 1. The second kappa shape index (κ2) is 9.22. The third-order valence-corrected chi connectivity index (χ3v) is 4.33. The molecule has 1 unspecified atom stereocenters. The van der Waals surface area contributed by atoms with Crippen LogP contribution in [-0.4, -0.2) is 24.5 Å². The Balaban J connectivity index is 3.06. The van der Waals surface area contributed by atoms with Gasteiger partial charge in [0.2, 0.25) is 0 Å². The highest BCUT2D eigenvalue weighted by atomic mass is 15.2. The molecule has 2 nitrogen and oxygen atoms in total. The zero-order chi connectivity index (χ0) is 15.8. The van der Waals surface area contributed by atoms with Gasteiger partial charge in [-0.1, -0.05) is 44.4 Å². The van der Waals surface area contributed by atoms with Gasteiger partial charge in [-0.05, 0) is 63.4 Å². The molecule has 0 aliphatic heterocycles. The van der Waals surface area contributed by atoms with Crippen LogP contribution in [0.25, 0.3) is 0 Å². The van der Waals surface area contributed by atoms with Gasteiger partial charge >= 0.3 is 0 Å². The van der Waals surface area contributed by atoms with Gasteiger partial charge in [-0.15, -0.1) is 0 Å². The first kappa shape index (κ1) is 18.2. The molecule has 0 bridgehead atoms. The van der Waals surface area contributed by atoms with Crippen molar-refractivity contribution in [1.29, 1.82) is 0 Å². The van der Waals surface area contributed by atoms with Gasteiger partial charge in [0.1, 0.15) is 0 Å². The van der Waals surface area contributed by atoms with E-state index in [1.807, 2.05) is 0 Å². The topological polar surface area (TPSA) is 29.3 Å².